The van der Waals surface area contributed by atoms with Gasteiger partial charge in [0.2, 0.25) is 0 Å². The average Bonchev–Trinajstić information content (AvgIpc) is 2.05. The summed E-state index contributed by atoms with van der Waals surface area (Å²) in [4.78, 5) is 0. The van der Waals surface area contributed by atoms with Crippen LogP contribution >= 0.6 is 15.9 Å². The molecular formula is C10H11BrFN. The zero-order valence-corrected chi connectivity index (χ0v) is 8.77. The van der Waals surface area contributed by atoms with Crippen LogP contribution < -0.4 is 5.73 Å². The van der Waals surface area contributed by atoms with E-state index in [4.69, 9.17) is 5.73 Å². The molecule has 0 bridgehead atoms. The smallest absolute Gasteiger partial charge is 0.128 e. The topological polar surface area (TPSA) is 26.0 Å². The lowest BCUT2D eigenvalue weighted by Gasteiger charge is -2.38. The molecule has 0 heterocycles. The van der Waals surface area contributed by atoms with Gasteiger partial charge in [0.1, 0.15) is 5.82 Å². The summed E-state index contributed by atoms with van der Waals surface area (Å²) in [6.07, 6.45) is 2.88. The third-order valence-corrected chi connectivity index (χ3v) is 3.20. The molecule has 1 aromatic carbocycles. The second kappa shape index (κ2) is 3.07. The van der Waals surface area contributed by atoms with E-state index in [-0.39, 0.29) is 5.82 Å². The van der Waals surface area contributed by atoms with Gasteiger partial charge in [0.25, 0.3) is 0 Å². The maximum atomic E-state index is 13.4. The van der Waals surface area contributed by atoms with E-state index >= 15 is 0 Å². The van der Waals surface area contributed by atoms with Crippen LogP contribution in [0.15, 0.2) is 22.7 Å². The lowest BCUT2D eigenvalue weighted by atomic mass is 9.72. The van der Waals surface area contributed by atoms with E-state index < -0.39 is 5.54 Å². The van der Waals surface area contributed by atoms with Crippen molar-refractivity contribution in [2.45, 2.75) is 24.8 Å². The van der Waals surface area contributed by atoms with Crippen molar-refractivity contribution in [1.82, 2.24) is 0 Å². The number of hydrogen-bond acceptors (Lipinski definition) is 1. The Labute approximate surface area is 85.3 Å². The highest BCUT2D eigenvalue weighted by molar-refractivity contribution is 9.10. The molecule has 1 fully saturated rings. The van der Waals surface area contributed by atoms with Crippen molar-refractivity contribution >= 4 is 15.9 Å². The van der Waals surface area contributed by atoms with Gasteiger partial charge in [-0.3, -0.25) is 0 Å². The fraction of sp³-hybridized carbons (Fsp3) is 0.400. The molecule has 1 saturated carbocycles. The molecule has 3 heteroatoms. The molecule has 1 nitrogen and oxygen atoms in total. The van der Waals surface area contributed by atoms with Crippen LogP contribution in [-0.4, -0.2) is 0 Å². The number of halogens is 2. The molecule has 0 unspecified atom stereocenters. The summed E-state index contributed by atoms with van der Waals surface area (Å²) in [5, 5.41) is 0. The van der Waals surface area contributed by atoms with Gasteiger partial charge in [0.15, 0.2) is 0 Å². The largest absolute Gasteiger partial charge is 0.321 e. The summed E-state index contributed by atoms with van der Waals surface area (Å²) < 4.78 is 14.3. The lowest BCUT2D eigenvalue weighted by Crippen LogP contribution is -2.44. The Balaban J connectivity index is 2.43. The monoisotopic (exact) mass is 243 g/mol. The van der Waals surface area contributed by atoms with E-state index in [0.29, 0.717) is 5.56 Å². The third-order valence-electron chi connectivity index (χ3n) is 2.71. The van der Waals surface area contributed by atoms with Crippen LogP contribution in [0.5, 0.6) is 0 Å². The Kier molecular flexibility index (Phi) is 2.16. The highest BCUT2D eigenvalue weighted by Gasteiger charge is 2.36. The van der Waals surface area contributed by atoms with Crippen molar-refractivity contribution in [3.63, 3.8) is 0 Å². The van der Waals surface area contributed by atoms with Crippen molar-refractivity contribution in [3.05, 3.63) is 34.1 Å². The van der Waals surface area contributed by atoms with Crippen LogP contribution in [0.2, 0.25) is 0 Å². The third kappa shape index (κ3) is 1.51. The number of benzene rings is 1. The molecule has 1 aliphatic rings. The minimum Gasteiger partial charge on any atom is -0.321 e. The zero-order valence-electron chi connectivity index (χ0n) is 7.19. The van der Waals surface area contributed by atoms with Gasteiger partial charge < -0.3 is 5.73 Å². The predicted molar refractivity (Wildman–Crippen MR) is 53.8 cm³/mol. The van der Waals surface area contributed by atoms with Crippen LogP contribution in [0, 0.1) is 5.82 Å². The molecule has 1 aliphatic carbocycles. The zero-order chi connectivity index (χ0) is 9.47. The molecule has 2 N–H and O–H groups in total. The minimum atomic E-state index is -0.409. The quantitative estimate of drug-likeness (QED) is 0.807. The van der Waals surface area contributed by atoms with Gasteiger partial charge in [-0.2, -0.15) is 0 Å². The number of rotatable bonds is 1. The molecule has 0 radical (unpaired) electrons. The highest BCUT2D eigenvalue weighted by atomic mass is 79.9. The van der Waals surface area contributed by atoms with Gasteiger partial charge in [0, 0.05) is 15.6 Å². The molecule has 0 spiro atoms. The number of nitrogens with two attached hydrogens (primary N) is 1. The van der Waals surface area contributed by atoms with Crippen molar-refractivity contribution in [2.24, 2.45) is 5.73 Å². The van der Waals surface area contributed by atoms with Gasteiger partial charge in [0.05, 0.1) is 0 Å². The first-order valence-electron chi connectivity index (χ1n) is 4.36. The van der Waals surface area contributed by atoms with Crippen LogP contribution in [0.4, 0.5) is 4.39 Å². The van der Waals surface area contributed by atoms with Crippen molar-refractivity contribution < 1.29 is 4.39 Å². The fourth-order valence-corrected chi connectivity index (χ4v) is 2.07. The lowest BCUT2D eigenvalue weighted by molar-refractivity contribution is 0.245. The van der Waals surface area contributed by atoms with E-state index in [1.54, 1.807) is 12.1 Å². The maximum absolute atomic E-state index is 13.4. The van der Waals surface area contributed by atoms with Crippen molar-refractivity contribution in [2.75, 3.05) is 0 Å². The van der Waals surface area contributed by atoms with E-state index in [0.717, 1.165) is 23.7 Å². The molecule has 1 aromatic rings. The van der Waals surface area contributed by atoms with Gasteiger partial charge >= 0.3 is 0 Å². The SMILES string of the molecule is NC1(c2cc(Br)ccc2F)CCC1. The van der Waals surface area contributed by atoms with Gasteiger partial charge in [-0.05, 0) is 37.5 Å². The predicted octanol–water partition coefficient (Wildman–Crippen LogP) is 2.93. The van der Waals surface area contributed by atoms with Crippen LogP contribution in [-0.2, 0) is 5.54 Å². The van der Waals surface area contributed by atoms with Crippen molar-refractivity contribution in [3.8, 4) is 0 Å². The second-order valence-electron chi connectivity index (χ2n) is 3.63. The van der Waals surface area contributed by atoms with Crippen molar-refractivity contribution in [1.29, 1.82) is 0 Å². The Morgan fingerprint density at radius 2 is 2.08 bits per heavy atom. The fourth-order valence-electron chi connectivity index (χ4n) is 1.71. The van der Waals surface area contributed by atoms with E-state index in [1.165, 1.54) is 6.07 Å². The van der Waals surface area contributed by atoms with Crippen LogP contribution in [0.25, 0.3) is 0 Å². The van der Waals surface area contributed by atoms with E-state index in [9.17, 15) is 4.39 Å². The summed E-state index contributed by atoms with van der Waals surface area (Å²) in [5.41, 5.74) is 6.27. The molecule has 0 aromatic heterocycles. The second-order valence-corrected chi connectivity index (χ2v) is 4.55. The minimum absolute atomic E-state index is 0.189. The summed E-state index contributed by atoms with van der Waals surface area (Å²) in [6, 6.07) is 4.95. The van der Waals surface area contributed by atoms with E-state index in [2.05, 4.69) is 15.9 Å². The Hall–Kier alpha value is -0.410. The normalized spacial score (nSPS) is 19.6. The summed E-state index contributed by atoms with van der Waals surface area (Å²) in [5.74, 6) is -0.189. The number of hydrogen-bond donors (Lipinski definition) is 1. The summed E-state index contributed by atoms with van der Waals surface area (Å²) >= 11 is 3.32. The molecule has 13 heavy (non-hydrogen) atoms. The molecule has 2 rings (SSSR count). The average molecular weight is 244 g/mol. The van der Waals surface area contributed by atoms with Gasteiger partial charge in [-0.25, -0.2) is 4.39 Å². The Morgan fingerprint density at radius 3 is 2.62 bits per heavy atom. The van der Waals surface area contributed by atoms with Crippen LogP contribution in [0.1, 0.15) is 24.8 Å². The molecule has 0 aliphatic heterocycles. The molecule has 0 amide bonds. The standard InChI is InChI=1S/C10H11BrFN/c11-7-2-3-9(12)8(6-7)10(13)4-1-5-10/h2-3,6H,1,4-5,13H2. The molecule has 0 saturated heterocycles. The first-order chi connectivity index (χ1) is 6.12. The Bertz CT molecular complexity index is 334. The van der Waals surface area contributed by atoms with Crippen LogP contribution in [0.3, 0.4) is 0 Å². The first kappa shape index (κ1) is 9.16. The maximum Gasteiger partial charge on any atom is 0.128 e. The summed E-state index contributed by atoms with van der Waals surface area (Å²) in [7, 11) is 0. The highest BCUT2D eigenvalue weighted by Crippen LogP contribution is 2.40. The van der Waals surface area contributed by atoms with Gasteiger partial charge in [-0.1, -0.05) is 15.9 Å². The van der Waals surface area contributed by atoms with E-state index in [1.807, 2.05) is 0 Å². The summed E-state index contributed by atoms with van der Waals surface area (Å²) in [6.45, 7) is 0. The Morgan fingerprint density at radius 1 is 1.38 bits per heavy atom. The molecule has 0 atom stereocenters. The molecule has 70 valence electrons. The molecular weight excluding hydrogens is 233 g/mol. The van der Waals surface area contributed by atoms with Gasteiger partial charge in [-0.15, -0.1) is 0 Å². The first-order valence-corrected chi connectivity index (χ1v) is 5.15.